The second-order valence-electron chi connectivity index (χ2n) is 11.9. The van der Waals surface area contributed by atoms with Crippen molar-refractivity contribution in [2.75, 3.05) is 19.6 Å². The highest BCUT2D eigenvalue weighted by atomic mass is 35.5. The number of carbonyl (C=O) groups excluding carboxylic acids is 2. The molecule has 7 nitrogen and oxygen atoms in total. The molecule has 5 rings (SSSR count). The van der Waals surface area contributed by atoms with Gasteiger partial charge in [0.1, 0.15) is 29.6 Å². The molecule has 1 amide bonds. The lowest BCUT2D eigenvalue weighted by Gasteiger charge is -2.34. The molecule has 234 valence electrons. The molecule has 0 saturated carbocycles. The van der Waals surface area contributed by atoms with E-state index in [1.807, 2.05) is 18.7 Å². The summed E-state index contributed by atoms with van der Waals surface area (Å²) in [5.74, 6) is -4.35. The van der Waals surface area contributed by atoms with Crippen molar-refractivity contribution in [1.29, 1.82) is 0 Å². The highest BCUT2D eigenvalue weighted by Crippen LogP contribution is 2.41. The van der Waals surface area contributed by atoms with Crippen molar-refractivity contribution in [3.63, 3.8) is 0 Å². The lowest BCUT2D eigenvalue weighted by Crippen LogP contribution is -2.49. The van der Waals surface area contributed by atoms with Crippen LogP contribution in [-0.4, -0.2) is 47.1 Å². The quantitative estimate of drug-likeness (QED) is 0.191. The van der Waals surface area contributed by atoms with E-state index < -0.39 is 59.6 Å². The van der Waals surface area contributed by atoms with Gasteiger partial charge in [-0.3, -0.25) is 19.3 Å². The number of likely N-dealkylation sites (tertiary alicyclic amines) is 1. The lowest BCUT2D eigenvalue weighted by atomic mass is 9.94. The molecule has 1 N–H and O–H groups in total. The van der Waals surface area contributed by atoms with Crippen molar-refractivity contribution in [1.82, 2.24) is 14.8 Å². The highest BCUT2D eigenvalue weighted by Gasteiger charge is 2.32. The third kappa shape index (κ3) is 6.68. The van der Waals surface area contributed by atoms with E-state index in [1.54, 1.807) is 0 Å². The SMILES string of the molecule is Cc1cc2cc(c1F)C(NC(=O)C(CC(C)C)n1cc(CCN3CC(F)C3)cc(F)c1=O)CC(=O)Oc1cc(F)cc(Cl)c1-2. The second kappa shape index (κ2) is 12.7. The van der Waals surface area contributed by atoms with Gasteiger partial charge in [-0.2, -0.15) is 0 Å². The fraction of sp³-hybridized carbons (Fsp3) is 0.406. The summed E-state index contributed by atoms with van der Waals surface area (Å²) in [6.07, 6.45) is 0.457. The summed E-state index contributed by atoms with van der Waals surface area (Å²) >= 11 is 6.32. The number of aromatic nitrogens is 1. The Hall–Kier alpha value is -3.70. The van der Waals surface area contributed by atoms with Crippen LogP contribution in [-0.2, 0) is 16.0 Å². The molecule has 3 aromatic rings. The summed E-state index contributed by atoms with van der Waals surface area (Å²) in [7, 11) is 0. The number of alkyl halides is 1. The molecular weight excluding hydrogens is 602 g/mol. The molecule has 1 saturated heterocycles. The van der Waals surface area contributed by atoms with Crippen molar-refractivity contribution in [3.8, 4) is 16.9 Å². The topological polar surface area (TPSA) is 80.6 Å². The van der Waals surface area contributed by atoms with Gasteiger partial charge in [0, 0.05) is 43.0 Å². The largest absolute Gasteiger partial charge is 0.426 e. The number of amides is 1. The number of pyridine rings is 1. The van der Waals surface area contributed by atoms with Gasteiger partial charge in [-0.15, -0.1) is 0 Å². The van der Waals surface area contributed by atoms with Crippen LogP contribution < -0.4 is 15.6 Å². The minimum Gasteiger partial charge on any atom is -0.426 e. The average Bonchev–Trinajstić information content (AvgIpc) is 2.95. The van der Waals surface area contributed by atoms with Gasteiger partial charge in [0.25, 0.3) is 5.56 Å². The molecule has 0 radical (unpaired) electrons. The Morgan fingerprint density at radius 1 is 1.11 bits per heavy atom. The summed E-state index contributed by atoms with van der Waals surface area (Å²) < 4.78 is 64.4. The Bertz CT molecular complexity index is 1670. The monoisotopic (exact) mass is 633 g/mol. The summed E-state index contributed by atoms with van der Waals surface area (Å²) in [6.45, 7) is 6.18. The molecule has 12 heteroatoms. The van der Waals surface area contributed by atoms with Crippen LogP contribution in [0.4, 0.5) is 17.6 Å². The summed E-state index contributed by atoms with van der Waals surface area (Å²) in [6, 6.07) is 3.60. The minimum atomic E-state index is -1.25. The number of ether oxygens (including phenoxy) is 1. The van der Waals surface area contributed by atoms with Crippen LogP contribution in [0.3, 0.4) is 0 Å². The van der Waals surface area contributed by atoms with Gasteiger partial charge in [0.05, 0.1) is 17.5 Å². The Morgan fingerprint density at radius 2 is 1.84 bits per heavy atom. The van der Waals surface area contributed by atoms with E-state index in [1.165, 1.54) is 25.3 Å². The molecule has 2 atom stereocenters. The van der Waals surface area contributed by atoms with Gasteiger partial charge in [-0.05, 0) is 66.6 Å². The van der Waals surface area contributed by atoms with Gasteiger partial charge >= 0.3 is 5.97 Å². The van der Waals surface area contributed by atoms with Crippen molar-refractivity contribution < 1.29 is 31.9 Å². The van der Waals surface area contributed by atoms with Gasteiger partial charge in [-0.25, -0.2) is 17.6 Å². The van der Waals surface area contributed by atoms with Crippen LogP contribution in [0.1, 0.15) is 55.5 Å². The van der Waals surface area contributed by atoms with E-state index >= 15 is 4.39 Å². The second-order valence-corrected chi connectivity index (χ2v) is 12.3. The number of rotatable bonds is 8. The van der Waals surface area contributed by atoms with Gasteiger partial charge in [0.2, 0.25) is 5.91 Å². The third-order valence-corrected chi connectivity index (χ3v) is 8.19. The van der Waals surface area contributed by atoms with E-state index in [0.717, 1.165) is 22.8 Å². The first kappa shape index (κ1) is 31.7. The molecule has 3 heterocycles. The Labute approximate surface area is 256 Å². The maximum absolute atomic E-state index is 15.6. The van der Waals surface area contributed by atoms with Gasteiger partial charge < -0.3 is 14.6 Å². The third-order valence-electron chi connectivity index (χ3n) is 7.89. The lowest BCUT2D eigenvalue weighted by molar-refractivity contribution is -0.135. The molecule has 2 bridgehead atoms. The minimum absolute atomic E-state index is 0.0326. The first-order valence-corrected chi connectivity index (χ1v) is 14.8. The molecule has 2 aliphatic heterocycles. The number of aryl methyl sites for hydroxylation is 1. The van der Waals surface area contributed by atoms with Gasteiger partial charge in [-0.1, -0.05) is 25.4 Å². The van der Waals surface area contributed by atoms with Crippen molar-refractivity contribution in [2.24, 2.45) is 5.92 Å². The molecule has 0 spiro atoms. The average molecular weight is 634 g/mol. The van der Waals surface area contributed by atoms with Crippen LogP contribution in [0, 0.1) is 30.3 Å². The van der Waals surface area contributed by atoms with Crippen LogP contribution in [0.15, 0.2) is 41.3 Å². The molecule has 2 aromatic carbocycles. The first-order valence-electron chi connectivity index (χ1n) is 14.4. The summed E-state index contributed by atoms with van der Waals surface area (Å²) in [5.41, 5.74) is 0.132. The van der Waals surface area contributed by atoms with E-state index in [0.29, 0.717) is 24.1 Å². The van der Waals surface area contributed by atoms with Gasteiger partial charge in [0.15, 0.2) is 5.82 Å². The predicted octanol–water partition coefficient (Wildman–Crippen LogP) is 5.84. The van der Waals surface area contributed by atoms with E-state index in [-0.39, 0.29) is 52.9 Å². The Morgan fingerprint density at radius 3 is 2.52 bits per heavy atom. The zero-order chi connectivity index (χ0) is 31.9. The zero-order valence-electron chi connectivity index (χ0n) is 24.4. The number of nitrogens with zero attached hydrogens (tertiary/aromatic N) is 2. The summed E-state index contributed by atoms with van der Waals surface area (Å²) in [4.78, 5) is 41.8. The highest BCUT2D eigenvalue weighted by molar-refractivity contribution is 6.33. The number of fused-ring (bicyclic) bond motifs is 4. The van der Waals surface area contributed by atoms with E-state index in [9.17, 15) is 27.6 Å². The molecule has 0 aliphatic carbocycles. The summed E-state index contributed by atoms with van der Waals surface area (Å²) in [5, 5.41) is 2.65. The van der Waals surface area contributed by atoms with Crippen LogP contribution in [0.5, 0.6) is 5.75 Å². The normalized spacial score (nSPS) is 17.7. The standard InChI is InChI=1S/C32H32ClF4N3O4/c1-16(2)6-26(40-13-18(8-24(36)32(40)43)4-5-39-14-21(35)15-39)31(42)38-25-12-28(41)44-27-11-20(34)10-23(33)29(27)19-7-17(3)30(37)22(25)9-19/h7-11,13,16,21,25-26H,4-6,12,14-15H2,1-3H3,(H,38,42). The number of nitrogens with one attached hydrogen (secondary N) is 1. The number of carbonyl (C=O) groups is 2. The van der Waals surface area contributed by atoms with Crippen molar-refractivity contribution >= 4 is 23.5 Å². The fourth-order valence-corrected chi connectivity index (χ4v) is 6.01. The number of halogens is 5. The number of benzene rings is 2. The van der Waals surface area contributed by atoms with E-state index in [4.69, 9.17) is 16.3 Å². The molecule has 2 aliphatic rings. The Balaban J connectivity index is 1.50. The van der Waals surface area contributed by atoms with E-state index in [2.05, 4.69) is 5.32 Å². The zero-order valence-corrected chi connectivity index (χ0v) is 25.2. The molecule has 1 fully saturated rings. The molecule has 44 heavy (non-hydrogen) atoms. The number of esters is 1. The Kier molecular flexibility index (Phi) is 9.17. The predicted molar refractivity (Wildman–Crippen MR) is 157 cm³/mol. The van der Waals surface area contributed by atoms with Crippen LogP contribution in [0.25, 0.3) is 11.1 Å². The van der Waals surface area contributed by atoms with Crippen molar-refractivity contribution in [2.45, 2.75) is 58.3 Å². The van der Waals surface area contributed by atoms with Crippen LogP contribution >= 0.6 is 11.6 Å². The molecule has 2 unspecified atom stereocenters. The van der Waals surface area contributed by atoms with Crippen molar-refractivity contribution in [3.05, 3.63) is 86.0 Å². The number of hydrogen-bond acceptors (Lipinski definition) is 5. The maximum atomic E-state index is 15.6. The maximum Gasteiger partial charge on any atom is 0.313 e. The number of hydrogen-bond donors (Lipinski definition) is 1. The smallest absolute Gasteiger partial charge is 0.313 e. The fourth-order valence-electron chi connectivity index (χ4n) is 5.70. The molecular formula is C32H32ClF4N3O4. The molecule has 1 aromatic heterocycles. The van der Waals surface area contributed by atoms with Crippen LogP contribution in [0.2, 0.25) is 5.02 Å². The first-order chi connectivity index (χ1) is 20.8.